The van der Waals surface area contributed by atoms with E-state index in [0.29, 0.717) is 4.47 Å². The molecule has 0 bridgehead atoms. The minimum Gasteiger partial charge on any atom is -0.395 e. The van der Waals surface area contributed by atoms with Gasteiger partial charge in [-0.05, 0) is 28.1 Å². The number of hydrogen-bond donors (Lipinski definition) is 1. The zero-order chi connectivity index (χ0) is 7.72. The number of nitrogen functional groups attached to an aromatic ring is 1. The van der Waals surface area contributed by atoms with Gasteiger partial charge in [0.2, 0.25) is 0 Å². The lowest BCUT2D eigenvalue weighted by molar-refractivity contribution is 0.632. The van der Waals surface area contributed by atoms with Crippen LogP contribution in [-0.4, -0.2) is 0 Å². The molecule has 0 spiro atoms. The van der Waals surface area contributed by atoms with Crippen molar-refractivity contribution in [1.29, 1.82) is 0 Å². The molecule has 0 unspecified atom stereocenters. The van der Waals surface area contributed by atoms with Gasteiger partial charge in [0.25, 0.3) is 0 Å². The Kier molecular flexibility index (Phi) is 2.16. The van der Waals surface area contributed by atoms with E-state index in [9.17, 15) is 4.39 Å². The Bertz CT molecular complexity index is 237. The van der Waals surface area contributed by atoms with Gasteiger partial charge in [0.05, 0.1) is 10.7 Å². The molecular formula is C6H4BrClFN. The number of benzene rings is 1. The van der Waals surface area contributed by atoms with Gasteiger partial charge < -0.3 is 5.73 Å². The maximum Gasteiger partial charge on any atom is 0.165 e. The lowest BCUT2D eigenvalue weighted by Gasteiger charge is -1.99. The highest BCUT2D eigenvalue weighted by Gasteiger charge is 2.05. The van der Waals surface area contributed by atoms with E-state index in [1.807, 2.05) is 0 Å². The fourth-order valence-corrected chi connectivity index (χ4v) is 1.01. The first kappa shape index (κ1) is 7.82. The molecule has 0 saturated carbocycles. The lowest BCUT2D eigenvalue weighted by Crippen LogP contribution is -1.91. The average molecular weight is 224 g/mol. The van der Waals surface area contributed by atoms with Gasteiger partial charge in [-0.15, -0.1) is 0 Å². The Morgan fingerprint density at radius 2 is 2.10 bits per heavy atom. The summed E-state index contributed by atoms with van der Waals surface area (Å²) in [5, 5.41) is 0.0423. The summed E-state index contributed by atoms with van der Waals surface area (Å²) < 4.78 is 13.2. The highest BCUT2D eigenvalue weighted by molar-refractivity contribution is 9.10. The van der Waals surface area contributed by atoms with Crippen molar-refractivity contribution in [3.05, 3.63) is 27.4 Å². The van der Waals surface area contributed by atoms with Crippen LogP contribution in [0.3, 0.4) is 0 Å². The molecule has 2 N–H and O–H groups in total. The maximum absolute atomic E-state index is 12.7. The van der Waals surface area contributed by atoms with Crippen molar-refractivity contribution in [1.82, 2.24) is 0 Å². The molecule has 1 aromatic rings. The third-order valence-electron chi connectivity index (χ3n) is 1.08. The van der Waals surface area contributed by atoms with Crippen LogP contribution in [0.5, 0.6) is 0 Å². The molecule has 4 heteroatoms. The first-order valence-corrected chi connectivity index (χ1v) is 3.69. The predicted octanol–water partition coefficient (Wildman–Crippen LogP) is 2.82. The second kappa shape index (κ2) is 2.76. The smallest absolute Gasteiger partial charge is 0.165 e. The molecule has 0 atom stereocenters. The van der Waals surface area contributed by atoms with E-state index >= 15 is 0 Å². The van der Waals surface area contributed by atoms with E-state index in [1.54, 1.807) is 6.07 Å². The van der Waals surface area contributed by atoms with Crippen molar-refractivity contribution in [2.75, 3.05) is 5.73 Å². The van der Waals surface area contributed by atoms with Crippen LogP contribution in [0.15, 0.2) is 16.6 Å². The zero-order valence-electron chi connectivity index (χ0n) is 4.87. The Morgan fingerprint density at radius 1 is 1.50 bits per heavy atom. The minimum absolute atomic E-state index is 0.0423. The summed E-state index contributed by atoms with van der Waals surface area (Å²) in [6.07, 6.45) is 0. The molecule has 0 saturated heterocycles. The summed E-state index contributed by atoms with van der Waals surface area (Å²) in [4.78, 5) is 0. The maximum atomic E-state index is 12.7. The van der Waals surface area contributed by atoms with Gasteiger partial charge in [0, 0.05) is 4.47 Å². The molecule has 10 heavy (non-hydrogen) atoms. The summed E-state index contributed by atoms with van der Waals surface area (Å²) in [6.45, 7) is 0. The van der Waals surface area contributed by atoms with E-state index in [4.69, 9.17) is 17.3 Å². The molecule has 1 rings (SSSR count). The van der Waals surface area contributed by atoms with Gasteiger partial charge in [0.15, 0.2) is 5.82 Å². The SMILES string of the molecule is Nc1c(Br)ccc(Cl)c1F. The van der Waals surface area contributed by atoms with Gasteiger partial charge in [-0.25, -0.2) is 4.39 Å². The largest absolute Gasteiger partial charge is 0.395 e. The molecule has 0 amide bonds. The predicted molar refractivity (Wildman–Crippen MR) is 43.5 cm³/mol. The van der Waals surface area contributed by atoms with Crippen LogP contribution in [0.2, 0.25) is 5.02 Å². The summed E-state index contributed by atoms with van der Waals surface area (Å²) in [5.41, 5.74) is 5.32. The monoisotopic (exact) mass is 223 g/mol. The third kappa shape index (κ3) is 1.25. The number of hydrogen-bond acceptors (Lipinski definition) is 1. The molecule has 0 heterocycles. The second-order valence-electron chi connectivity index (χ2n) is 1.76. The van der Waals surface area contributed by atoms with Crippen molar-refractivity contribution < 1.29 is 4.39 Å². The van der Waals surface area contributed by atoms with Crippen molar-refractivity contribution in [2.24, 2.45) is 0 Å². The number of anilines is 1. The topological polar surface area (TPSA) is 26.0 Å². The molecule has 0 fully saturated rings. The van der Waals surface area contributed by atoms with Crippen LogP contribution in [0, 0.1) is 5.82 Å². The van der Waals surface area contributed by atoms with Crippen LogP contribution in [0.1, 0.15) is 0 Å². The minimum atomic E-state index is -0.573. The summed E-state index contributed by atoms with van der Waals surface area (Å²) in [6, 6.07) is 3.04. The normalized spacial score (nSPS) is 9.90. The molecule has 0 aliphatic heterocycles. The summed E-state index contributed by atoms with van der Waals surface area (Å²) in [5.74, 6) is -0.573. The Morgan fingerprint density at radius 3 is 2.60 bits per heavy atom. The Labute approximate surface area is 71.1 Å². The summed E-state index contributed by atoms with van der Waals surface area (Å²) >= 11 is 8.47. The van der Waals surface area contributed by atoms with Crippen molar-refractivity contribution in [3.63, 3.8) is 0 Å². The molecule has 0 aromatic heterocycles. The Hall–Kier alpha value is -0.280. The molecular weight excluding hydrogens is 220 g/mol. The number of rotatable bonds is 0. The fourth-order valence-electron chi connectivity index (χ4n) is 0.543. The summed E-state index contributed by atoms with van der Waals surface area (Å²) in [7, 11) is 0. The van der Waals surface area contributed by atoms with E-state index in [0.717, 1.165) is 0 Å². The number of nitrogens with two attached hydrogens (primary N) is 1. The van der Waals surface area contributed by atoms with Crippen molar-refractivity contribution in [3.8, 4) is 0 Å². The van der Waals surface area contributed by atoms with Gasteiger partial charge in [0.1, 0.15) is 0 Å². The van der Waals surface area contributed by atoms with E-state index in [-0.39, 0.29) is 10.7 Å². The zero-order valence-corrected chi connectivity index (χ0v) is 7.21. The lowest BCUT2D eigenvalue weighted by atomic mass is 10.3. The van der Waals surface area contributed by atoms with Crippen LogP contribution < -0.4 is 5.73 Å². The first-order valence-electron chi connectivity index (χ1n) is 2.52. The standard InChI is InChI=1S/C6H4BrClFN/c7-3-1-2-4(8)5(9)6(3)10/h1-2H,10H2. The van der Waals surface area contributed by atoms with E-state index < -0.39 is 5.82 Å². The fraction of sp³-hybridized carbons (Fsp3) is 0. The van der Waals surface area contributed by atoms with Crippen molar-refractivity contribution in [2.45, 2.75) is 0 Å². The highest BCUT2D eigenvalue weighted by atomic mass is 79.9. The average Bonchev–Trinajstić information content (AvgIpc) is 1.93. The van der Waals surface area contributed by atoms with Gasteiger partial charge in [-0.2, -0.15) is 0 Å². The Balaban J connectivity index is 3.34. The molecule has 54 valence electrons. The molecule has 0 aliphatic rings. The second-order valence-corrected chi connectivity index (χ2v) is 3.02. The van der Waals surface area contributed by atoms with Crippen LogP contribution in [0.25, 0.3) is 0 Å². The molecule has 0 aliphatic carbocycles. The van der Waals surface area contributed by atoms with Crippen LogP contribution in [0.4, 0.5) is 10.1 Å². The molecule has 1 nitrogen and oxygen atoms in total. The van der Waals surface area contributed by atoms with Crippen molar-refractivity contribution >= 4 is 33.2 Å². The first-order chi connectivity index (χ1) is 4.63. The molecule has 1 aromatic carbocycles. The van der Waals surface area contributed by atoms with Crippen LogP contribution in [-0.2, 0) is 0 Å². The molecule has 0 radical (unpaired) electrons. The van der Waals surface area contributed by atoms with Gasteiger partial charge in [-0.3, -0.25) is 0 Å². The van der Waals surface area contributed by atoms with Gasteiger partial charge in [-0.1, -0.05) is 11.6 Å². The highest BCUT2D eigenvalue weighted by Crippen LogP contribution is 2.27. The number of halogens is 3. The van der Waals surface area contributed by atoms with E-state index in [2.05, 4.69) is 15.9 Å². The van der Waals surface area contributed by atoms with Gasteiger partial charge >= 0.3 is 0 Å². The quantitative estimate of drug-likeness (QED) is 0.532. The third-order valence-corrected chi connectivity index (χ3v) is 2.06. The van der Waals surface area contributed by atoms with Crippen LogP contribution >= 0.6 is 27.5 Å². The van der Waals surface area contributed by atoms with E-state index in [1.165, 1.54) is 6.07 Å².